The molecule has 0 spiro atoms. The number of carbonyl (C=O) groups is 2. The normalized spacial score (nSPS) is 18.1. The number of amides is 2. The highest BCUT2D eigenvalue weighted by Gasteiger charge is 2.34. The van der Waals surface area contributed by atoms with Crippen LogP contribution in [0, 0.1) is 0 Å². The van der Waals surface area contributed by atoms with Crippen LogP contribution in [-0.2, 0) is 9.53 Å². The molecular weight excluding hydrogens is 442 g/mol. The van der Waals surface area contributed by atoms with E-state index in [0.29, 0.717) is 31.5 Å². The maximum atomic E-state index is 12.6. The van der Waals surface area contributed by atoms with Gasteiger partial charge < -0.3 is 21.1 Å². The molecular formula is C16H19Br2N3O3. The number of nitrogens with two attached hydrogens (primary N) is 1. The number of allylic oxidation sites excluding steroid dienone is 1. The number of rotatable bonds is 2. The second-order valence-corrected chi connectivity index (χ2v) is 8.18. The Bertz CT molecular complexity index is 716. The fraction of sp³-hybridized carbons (Fsp3) is 0.375. The van der Waals surface area contributed by atoms with Gasteiger partial charge in [-0.1, -0.05) is 0 Å². The zero-order valence-corrected chi connectivity index (χ0v) is 17.0. The first-order valence-corrected chi connectivity index (χ1v) is 8.84. The molecule has 1 aliphatic rings. The predicted octanol–water partition coefficient (Wildman–Crippen LogP) is 3.76. The van der Waals surface area contributed by atoms with E-state index in [1.54, 1.807) is 39.8 Å². The topological polar surface area (TPSA) is 93.4 Å². The number of ether oxygens (including phenoxy) is 1. The number of urea groups is 1. The quantitative estimate of drug-likeness (QED) is 0.462. The molecule has 0 fully saturated rings. The van der Waals surface area contributed by atoms with E-state index in [-0.39, 0.29) is 6.03 Å². The highest BCUT2D eigenvalue weighted by molar-refractivity contribution is 9.11. The van der Waals surface area contributed by atoms with E-state index in [0.717, 1.165) is 0 Å². The lowest BCUT2D eigenvalue weighted by Crippen LogP contribution is -2.46. The maximum absolute atomic E-state index is 12.6. The summed E-state index contributed by atoms with van der Waals surface area (Å²) in [6.07, 6.45) is 0. The Labute approximate surface area is 157 Å². The van der Waals surface area contributed by atoms with Crippen molar-refractivity contribution in [1.82, 2.24) is 10.6 Å². The fourth-order valence-corrected chi connectivity index (χ4v) is 3.54. The molecule has 0 aliphatic carbocycles. The zero-order valence-electron chi connectivity index (χ0n) is 13.8. The van der Waals surface area contributed by atoms with Crippen molar-refractivity contribution in [2.75, 3.05) is 5.73 Å². The van der Waals surface area contributed by atoms with Crippen LogP contribution in [0.4, 0.5) is 10.5 Å². The van der Waals surface area contributed by atoms with Crippen LogP contribution in [-0.4, -0.2) is 17.6 Å². The summed E-state index contributed by atoms with van der Waals surface area (Å²) in [5.41, 5.74) is 7.34. The first-order chi connectivity index (χ1) is 11.0. The van der Waals surface area contributed by atoms with Crippen molar-refractivity contribution in [1.29, 1.82) is 0 Å². The van der Waals surface area contributed by atoms with Crippen LogP contribution in [0.1, 0.15) is 39.3 Å². The molecule has 130 valence electrons. The lowest BCUT2D eigenvalue weighted by molar-refractivity contribution is -0.150. The Balaban J connectivity index is 2.51. The third kappa shape index (κ3) is 4.10. The van der Waals surface area contributed by atoms with Crippen LogP contribution in [0.2, 0.25) is 0 Å². The molecule has 2 amide bonds. The van der Waals surface area contributed by atoms with Gasteiger partial charge in [-0.2, -0.15) is 0 Å². The first-order valence-electron chi connectivity index (χ1n) is 7.25. The standard InChI is InChI=1S/C16H19Br2N3O3/c1-7-11(14(22)24-16(2,3)4)13(21-15(23)20-7)8-5-9(17)12(19)10(18)6-8/h5-6,13H,19H2,1-4H3,(H2,20,21,23). The molecule has 0 saturated carbocycles. The predicted molar refractivity (Wildman–Crippen MR) is 99.2 cm³/mol. The number of anilines is 1. The van der Waals surface area contributed by atoms with E-state index in [9.17, 15) is 9.59 Å². The monoisotopic (exact) mass is 459 g/mol. The lowest BCUT2D eigenvalue weighted by atomic mass is 9.95. The third-order valence-electron chi connectivity index (χ3n) is 3.32. The van der Waals surface area contributed by atoms with Gasteiger partial charge in [0.25, 0.3) is 0 Å². The summed E-state index contributed by atoms with van der Waals surface area (Å²) in [7, 11) is 0. The number of nitrogens with one attached hydrogen (secondary N) is 2. The van der Waals surface area contributed by atoms with Crippen molar-refractivity contribution >= 4 is 49.5 Å². The number of nitrogen functional groups attached to an aromatic ring is 1. The van der Waals surface area contributed by atoms with Crippen LogP contribution in [0.3, 0.4) is 0 Å². The zero-order chi connectivity index (χ0) is 18.2. The molecule has 8 heteroatoms. The molecule has 0 aromatic heterocycles. The van der Waals surface area contributed by atoms with E-state index in [2.05, 4.69) is 42.5 Å². The summed E-state index contributed by atoms with van der Waals surface area (Å²) in [6, 6.07) is 2.53. The smallest absolute Gasteiger partial charge is 0.338 e. The molecule has 1 atom stereocenters. The van der Waals surface area contributed by atoms with Crippen molar-refractivity contribution in [3.63, 3.8) is 0 Å². The van der Waals surface area contributed by atoms with Crippen molar-refractivity contribution in [2.45, 2.75) is 39.3 Å². The number of hydrogen-bond donors (Lipinski definition) is 3. The number of carbonyl (C=O) groups excluding carboxylic acids is 2. The van der Waals surface area contributed by atoms with Gasteiger partial charge in [0.15, 0.2) is 0 Å². The Kier molecular flexibility index (Phi) is 5.29. The number of halogens is 2. The molecule has 0 radical (unpaired) electrons. The average Bonchev–Trinajstić information content (AvgIpc) is 2.41. The van der Waals surface area contributed by atoms with Gasteiger partial charge in [0.1, 0.15) is 5.60 Å². The number of benzene rings is 1. The van der Waals surface area contributed by atoms with Gasteiger partial charge in [-0.25, -0.2) is 9.59 Å². The van der Waals surface area contributed by atoms with Gasteiger partial charge in [0.2, 0.25) is 0 Å². The van der Waals surface area contributed by atoms with E-state index >= 15 is 0 Å². The Morgan fingerprint density at radius 2 is 1.79 bits per heavy atom. The molecule has 1 aromatic rings. The van der Waals surface area contributed by atoms with Gasteiger partial charge in [-0.05, 0) is 77.3 Å². The molecule has 6 nitrogen and oxygen atoms in total. The average molecular weight is 461 g/mol. The minimum atomic E-state index is -0.640. The van der Waals surface area contributed by atoms with Crippen molar-refractivity contribution in [3.05, 3.63) is 37.9 Å². The van der Waals surface area contributed by atoms with E-state index < -0.39 is 17.6 Å². The van der Waals surface area contributed by atoms with Crippen molar-refractivity contribution in [3.8, 4) is 0 Å². The molecule has 1 unspecified atom stereocenters. The van der Waals surface area contributed by atoms with Crippen LogP contribution in [0.25, 0.3) is 0 Å². The van der Waals surface area contributed by atoms with E-state index in [1.807, 2.05) is 0 Å². The van der Waals surface area contributed by atoms with Gasteiger partial charge in [0, 0.05) is 14.6 Å². The van der Waals surface area contributed by atoms with Crippen LogP contribution in [0.15, 0.2) is 32.3 Å². The molecule has 4 N–H and O–H groups in total. The molecule has 0 saturated heterocycles. The summed E-state index contributed by atoms with van der Waals surface area (Å²) in [5, 5.41) is 5.38. The summed E-state index contributed by atoms with van der Waals surface area (Å²) in [4.78, 5) is 24.5. The summed E-state index contributed by atoms with van der Waals surface area (Å²) >= 11 is 6.77. The van der Waals surface area contributed by atoms with Crippen molar-refractivity contribution < 1.29 is 14.3 Å². The number of esters is 1. The van der Waals surface area contributed by atoms with Crippen LogP contribution < -0.4 is 16.4 Å². The highest BCUT2D eigenvalue weighted by atomic mass is 79.9. The lowest BCUT2D eigenvalue weighted by Gasteiger charge is -2.30. The summed E-state index contributed by atoms with van der Waals surface area (Å²) < 4.78 is 6.82. The molecule has 24 heavy (non-hydrogen) atoms. The van der Waals surface area contributed by atoms with Gasteiger partial charge in [0.05, 0.1) is 17.3 Å². The van der Waals surface area contributed by atoms with Crippen molar-refractivity contribution in [2.24, 2.45) is 0 Å². The van der Waals surface area contributed by atoms with E-state index in [1.165, 1.54) is 0 Å². The highest BCUT2D eigenvalue weighted by Crippen LogP contribution is 2.36. The largest absolute Gasteiger partial charge is 0.456 e. The molecule has 2 rings (SSSR count). The Morgan fingerprint density at radius 3 is 2.29 bits per heavy atom. The van der Waals surface area contributed by atoms with Gasteiger partial charge >= 0.3 is 12.0 Å². The molecule has 1 aliphatic heterocycles. The first kappa shape index (κ1) is 18.8. The molecule has 0 bridgehead atoms. The minimum absolute atomic E-state index is 0.355. The molecule has 1 aromatic carbocycles. The van der Waals surface area contributed by atoms with Crippen LogP contribution >= 0.6 is 31.9 Å². The number of hydrogen-bond acceptors (Lipinski definition) is 4. The molecule has 1 heterocycles. The second-order valence-electron chi connectivity index (χ2n) is 6.47. The maximum Gasteiger partial charge on any atom is 0.338 e. The third-order valence-corrected chi connectivity index (χ3v) is 4.63. The second kappa shape index (κ2) is 6.76. The van der Waals surface area contributed by atoms with E-state index in [4.69, 9.17) is 10.5 Å². The van der Waals surface area contributed by atoms with Gasteiger partial charge in [-0.3, -0.25) is 0 Å². The van der Waals surface area contributed by atoms with Crippen LogP contribution in [0.5, 0.6) is 0 Å². The summed E-state index contributed by atoms with van der Waals surface area (Å²) in [5.74, 6) is -0.485. The van der Waals surface area contributed by atoms with Gasteiger partial charge in [-0.15, -0.1) is 0 Å². The summed E-state index contributed by atoms with van der Waals surface area (Å²) in [6.45, 7) is 7.05. The SMILES string of the molecule is CC1=C(C(=O)OC(C)(C)C)C(c2cc(Br)c(N)c(Br)c2)NC(=O)N1. The Morgan fingerprint density at radius 1 is 1.25 bits per heavy atom. The fourth-order valence-electron chi connectivity index (χ4n) is 2.32. The minimum Gasteiger partial charge on any atom is -0.456 e. The Hall–Kier alpha value is -1.54.